The first kappa shape index (κ1) is 13.4. The van der Waals surface area contributed by atoms with Gasteiger partial charge in [0.05, 0.1) is 17.1 Å². The zero-order valence-corrected chi connectivity index (χ0v) is 11.3. The van der Waals surface area contributed by atoms with Crippen molar-refractivity contribution in [1.82, 2.24) is 20.4 Å². The molecule has 1 aromatic heterocycles. The molecule has 0 radical (unpaired) electrons. The molecular weight excluding hydrogens is 268 g/mol. The maximum absolute atomic E-state index is 11.4. The Morgan fingerprint density at radius 3 is 2.79 bits per heavy atom. The number of amides is 2. The molecule has 0 bridgehead atoms. The first-order valence-electron chi connectivity index (χ1n) is 5.60. The minimum atomic E-state index is -0.225. The van der Waals surface area contributed by atoms with Gasteiger partial charge in [-0.1, -0.05) is 23.7 Å². The molecule has 1 N–H and O–H groups in total. The van der Waals surface area contributed by atoms with E-state index in [9.17, 15) is 4.79 Å². The van der Waals surface area contributed by atoms with E-state index in [-0.39, 0.29) is 12.6 Å². The number of urea groups is 1. The van der Waals surface area contributed by atoms with Crippen LogP contribution in [0.4, 0.5) is 4.79 Å². The van der Waals surface area contributed by atoms with Crippen molar-refractivity contribution in [2.75, 3.05) is 14.1 Å². The second-order valence-electron chi connectivity index (χ2n) is 4.03. The maximum atomic E-state index is 11.4. The van der Waals surface area contributed by atoms with Crippen LogP contribution in [0.5, 0.6) is 0 Å². The van der Waals surface area contributed by atoms with E-state index in [1.165, 1.54) is 4.90 Å². The minimum absolute atomic E-state index is 0.175. The smallest absolute Gasteiger partial charge is 0.317 e. The summed E-state index contributed by atoms with van der Waals surface area (Å²) in [5.74, 6) is 0.657. The zero-order chi connectivity index (χ0) is 13.8. The molecule has 2 aromatic rings. The van der Waals surface area contributed by atoms with Crippen molar-refractivity contribution >= 4 is 17.6 Å². The molecule has 0 saturated carbocycles. The van der Waals surface area contributed by atoms with Crippen LogP contribution in [0.15, 0.2) is 28.7 Å². The monoisotopic (exact) mass is 280 g/mol. The van der Waals surface area contributed by atoms with Crippen LogP contribution in [0.1, 0.15) is 5.89 Å². The maximum Gasteiger partial charge on any atom is 0.317 e. The van der Waals surface area contributed by atoms with E-state index in [4.69, 9.17) is 16.0 Å². The number of carbonyl (C=O) groups is 1. The predicted octanol–water partition coefficient (Wildman–Crippen LogP) is 2.16. The van der Waals surface area contributed by atoms with Crippen molar-refractivity contribution in [2.24, 2.45) is 0 Å². The summed E-state index contributed by atoms with van der Waals surface area (Å²) in [5, 5.41) is 10.9. The Hall–Kier alpha value is -2.08. The van der Waals surface area contributed by atoms with Crippen LogP contribution in [0.2, 0.25) is 5.02 Å². The molecule has 0 unspecified atom stereocenters. The third kappa shape index (κ3) is 3.23. The molecule has 2 amide bonds. The fourth-order valence-corrected chi connectivity index (χ4v) is 1.59. The van der Waals surface area contributed by atoms with Gasteiger partial charge in [0.1, 0.15) is 0 Å². The molecule has 0 spiro atoms. The van der Waals surface area contributed by atoms with Gasteiger partial charge in [-0.2, -0.15) is 0 Å². The van der Waals surface area contributed by atoms with Crippen LogP contribution < -0.4 is 5.32 Å². The summed E-state index contributed by atoms with van der Waals surface area (Å²) in [6.45, 7) is 0.175. The Balaban J connectivity index is 2.08. The fraction of sp³-hybridized carbons (Fsp3) is 0.250. The van der Waals surface area contributed by atoms with Gasteiger partial charge in [0.25, 0.3) is 0 Å². The number of nitrogens with zero attached hydrogens (tertiary/aromatic N) is 3. The Morgan fingerprint density at radius 2 is 2.11 bits per heavy atom. The summed E-state index contributed by atoms with van der Waals surface area (Å²) in [4.78, 5) is 12.8. The number of halogens is 1. The number of rotatable bonds is 3. The summed E-state index contributed by atoms with van der Waals surface area (Å²) in [6, 6.07) is 6.96. The van der Waals surface area contributed by atoms with Crippen LogP contribution in [0.3, 0.4) is 0 Å². The quantitative estimate of drug-likeness (QED) is 0.935. The number of nitrogens with one attached hydrogen (secondary N) is 1. The second kappa shape index (κ2) is 5.71. The van der Waals surface area contributed by atoms with Crippen molar-refractivity contribution in [3.8, 4) is 11.5 Å². The number of hydrogen-bond donors (Lipinski definition) is 1. The van der Waals surface area contributed by atoms with Gasteiger partial charge in [-0.3, -0.25) is 0 Å². The first-order valence-corrected chi connectivity index (χ1v) is 5.98. The molecule has 0 aliphatic rings. The molecule has 7 heteroatoms. The minimum Gasteiger partial charge on any atom is -0.419 e. The molecular formula is C12H13ClN4O2. The highest BCUT2D eigenvalue weighted by Crippen LogP contribution is 2.25. The lowest BCUT2D eigenvalue weighted by molar-refractivity contribution is 0.216. The van der Waals surface area contributed by atoms with E-state index in [1.54, 1.807) is 26.2 Å². The SMILES string of the molecule is CN(C)C(=O)NCc1nnc(-c2ccccc2Cl)o1. The van der Waals surface area contributed by atoms with Crippen molar-refractivity contribution in [3.05, 3.63) is 35.2 Å². The lowest BCUT2D eigenvalue weighted by Crippen LogP contribution is -2.34. The van der Waals surface area contributed by atoms with Crippen molar-refractivity contribution < 1.29 is 9.21 Å². The normalized spacial score (nSPS) is 10.3. The lowest BCUT2D eigenvalue weighted by atomic mass is 10.2. The van der Waals surface area contributed by atoms with Crippen molar-refractivity contribution in [3.63, 3.8) is 0 Å². The van der Waals surface area contributed by atoms with Crippen LogP contribution in [-0.4, -0.2) is 35.2 Å². The fourth-order valence-electron chi connectivity index (χ4n) is 1.38. The molecule has 19 heavy (non-hydrogen) atoms. The molecule has 2 rings (SSSR count). The largest absolute Gasteiger partial charge is 0.419 e. The molecule has 1 heterocycles. The Kier molecular flexibility index (Phi) is 4.01. The highest BCUT2D eigenvalue weighted by molar-refractivity contribution is 6.33. The summed E-state index contributed by atoms with van der Waals surface area (Å²) in [5.41, 5.74) is 0.668. The van der Waals surface area contributed by atoms with Gasteiger partial charge < -0.3 is 14.6 Å². The average Bonchev–Trinajstić information content (AvgIpc) is 2.85. The molecule has 0 saturated heterocycles. The third-order valence-electron chi connectivity index (χ3n) is 2.37. The Labute approximate surface area is 115 Å². The molecule has 1 aromatic carbocycles. The van der Waals surface area contributed by atoms with Crippen molar-refractivity contribution in [1.29, 1.82) is 0 Å². The summed E-state index contributed by atoms with van der Waals surface area (Å²) < 4.78 is 5.44. The second-order valence-corrected chi connectivity index (χ2v) is 4.44. The van der Waals surface area contributed by atoms with Gasteiger partial charge in [0.2, 0.25) is 11.8 Å². The topological polar surface area (TPSA) is 71.3 Å². The van der Waals surface area contributed by atoms with Crippen LogP contribution in [0.25, 0.3) is 11.5 Å². The van der Waals surface area contributed by atoms with Gasteiger partial charge in [-0.05, 0) is 12.1 Å². The van der Waals surface area contributed by atoms with Gasteiger partial charge >= 0.3 is 6.03 Å². The van der Waals surface area contributed by atoms with E-state index in [2.05, 4.69) is 15.5 Å². The van der Waals surface area contributed by atoms with Gasteiger partial charge in [-0.25, -0.2) is 4.79 Å². The molecule has 100 valence electrons. The van der Waals surface area contributed by atoms with E-state index in [0.717, 1.165) is 0 Å². The standard InChI is InChI=1S/C12H13ClN4O2/c1-17(2)12(18)14-7-10-15-16-11(19-10)8-5-3-4-6-9(8)13/h3-6H,7H2,1-2H3,(H,14,18). The summed E-state index contributed by atoms with van der Waals surface area (Å²) in [6.07, 6.45) is 0. The molecule has 0 aliphatic carbocycles. The molecule has 0 atom stereocenters. The summed E-state index contributed by atoms with van der Waals surface area (Å²) in [7, 11) is 3.30. The zero-order valence-electron chi connectivity index (χ0n) is 10.6. The predicted molar refractivity (Wildman–Crippen MR) is 70.7 cm³/mol. The number of carbonyl (C=O) groups excluding carboxylic acids is 1. The third-order valence-corrected chi connectivity index (χ3v) is 2.70. The van der Waals surface area contributed by atoms with E-state index in [0.29, 0.717) is 22.4 Å². The molecule has 6 nitrogen and oxygen atoms in total. The van der Waals surface area contributed by atoms with Gasteiger partial charge in [0, 0.05) is 14.1 Å². The van der Waals surface area contributed by atoms with Crippen LogP contribution in [0, 0.1) is 0 Å². The molecule has 0 fully saturated rings. The van der Waals surface area contributed by atoms with E-state index in [1.807, 2.05) is 12.1 Å². The van der Waals surface area contributed by atoms with Crippen molar-refractivity contribution in [2.45, 2.75) is 6.54 Å². The van der Waals surface area contributed by atoms with Gasteiger partial charge in [-0.15, -0.1) is 10.2 Å². The van der Waals surface area contributed by atoms with E-state index < -0.39 is 0 Å². The number of aromatic nitrogens is 2. The Morgan fingerprint density at radius 1 is 1.37 bits per heavy atom. The average molecular weight is 281 g/mol. The Bertz CT molecular complexity index is 583. The van der Waals surface area contributed by atoms with Crippen LogP contribution in [-0.2, 0) is 6.54 Å². The highest BCUT2D eigenvalue weighted by Gasteiger charge is 2.12. The first-order chi connectivity index (χ1) is 9.08. The lowest BCUT2D eigenvalue weighted by Gasteiger charge is -2.09. The number of hydrogen-bond acceptors (Lipinski definition) is 4. The van der Waals surface area contributed by atoms with E-state index >= 15 is 0 Å². The van der Waals surface area contributed by atoms with Gasteiger partial charge in [0.15, 0.2) is 0 Å². The number of benzene rings is 1. The molecule has 0 aliphatic heterocycles. The highest BCUT2D eigenvalue weighted by atomic mass is 35.5. The summed E-state index contributed by atoms with van der Waals surface area (Å²) >= 11 is 6.03. The van der Waals surface area contributed by atoms with Crippen LogP contribution >= 0.6 is 11.6 Å².